The Morgan fingerprint density at radius 3 is 2.40 bits per heavy atom. The van der Waals surface area contributed by atoms with E-state index >= 15 is 0 Å². The van der Waals surface area contributed by atoms with E-state index in [0.717, 1.165) is 24.8 Å². The molecule has 2 aliphatic rings. The Bertz CT molecular complexity index is 575. The highest BCUT2D eigenvalue weighted by atomic mass is 16.5. The first-order valence-electron chi connectivity index (χ1n) is 9.47. The Kier molecular flexibility index (Phi) is 6.31. The Morgan fingerprint density at radius 2 is 1.72 bits per heavy atom. The fourth-order valence-electron chi connectivity index (χ4n) is 3.29. The van der Waals surface area contributed by atoms with Gasteiger partial charge in [0.2, 0.25) is 5.91 Å². The second-order valence-corrected chi connectivity index (χ2v) is 7.23. The number of hydrogen-bond donors (Lipinski definition) is 2. The average molecular weight is 344 g/mol. The fourth-order valence-corrected chi connectivity index (χ4v) is 3.29. The highest BCUT2D eigenvalue weighted by molar-refractivity contribution is 5.78. The van der Waals surface area contributed by atoms with Gasteiger partial charge in [0.1, 0.15) is 5.75 Å². The third-order valence-corrected chi connectivity index (χ3v) is 4.92. The van der Waals surface area contributed by atoms with Gasteiger partial charge < -0.3 is 15.4 Å². The molecule has 25 heavy (non-hydrogen) atoms. The second-order valence-electron chi connectivity index (χ2n) is 7.23. The van der Waals surface area contributed by atoms with Gasteiger partial charge in [-0.2, -0.15) is 0 Å². The molecule has 0 radical (unpaired) electrons. The summed E-state index contributed by atoms with van der Waals surface area (Å²) in [5.74, 6) is 1.40. The monoisotopic (exact) mass is 344 g/mol. The van der Waals surface area contributed by atoms with Crippen molar-refractivity contribution >= 4 is 11.8 Å². The quantitative estimate of drug-likeness (QED) is 0.723. The summed E-state index contributed by atoms with van der Waals surface area (Å²) in [7, 11) is 0. The van der Waals surface area contributed by atoms with Gasteiger partial charge in [-0.25, -0.2) is 0 Å². The average Bonchev–Trinajstić information content (AvgIpc) is 3.27. The second kappa shape index (κ2) is 8.88. The van der Waals surface area contributed by atoms with Crippen LogP contribution in [-0.4, -0.2) is 31.0 Å². The fraction of sp³-hybridized carbons (Fsp3) is 0.600. The lowest BCUT2D eigenvalue weighted by Crippen LogP contribution is -2.30. The number of benzene rings is 1. The number of carbonyl (C=O) groups is 2. The van der Waals surface area contributed by atoms with Crippen molar-refractivity contribution in [3.05, 3.63) is 29.8 Å². The van der Waals surface area contributed by atoms with Crippen molar-refractivity contribution < 1.29 is 14.3 Å². The molecule has 2 N–H and O–H groups in total. The van der Waals surface area contributed by atoms with E-state index in [4.69, 9.17) is 4.74 Å². The van der Waals surface area contributed by atoms with E-state index in [1.165, 1.54) is 25.7 Å². The molecule has 1 aromatic rings. The van der Waals surface area contributed by atoms with Gasteiger partial charge in [-0.15, -0.1) is 0 Å². The molecule has 0 saturated heterocycles. The van der Waals surface area contributed by atoms with Gasteiger partial charge >= 0.3 is 0 Å². The van der Waals surface area contributed by atoms with Gasteiger partial charge in [-0.05, 0) is 55.7 Å². The highest BCUT2D eigenvalue weighted by Gasteiger charge is 2.23. The zero-order valence-corrected chi connectivity index (χ0v) is 14.8. The van der Waals surface area contributed by atoms with Crippen LogP contribution in [0.15, 0.2) is 24.3 Å². The minimum atomic E-state index is -0.0587. The summed E-state index contributed by atoms with van der Waals surface area (Å²) < 4.78 is 5.49. The van der Waals surface area contributed by atoms with Crippen molar-refractivity contribution in [2.45, 2.75) is 57.4 Å². The molecular weight excluding hydrogens is 316 g/mol. The lowest BCUT2D eigenvalue weighted by atomic mass is 10.0. The Labute approximate surface area is 149 Å². The van der Waals surface area contributed by atoms with E-state index in [1.807, 2.05) is 24.3 Å². The van der Waals surface area contributed by atoms with Crippen LogP contribution in [0.4, 0.5) is 0 Å². The van der Waals surface area contributed by atoms with E-state index in [9.17, 15) is 9.59 Å². The maximum Gasteiger partial charge on any atom is 0.258 e. The molecule has 0 aliphatic heterocycles. The molecule has 2 saturated carbocycles. The van der Waals surface area contributed by atoms with E-state index in [-0.39, 0.29) is 18.4 Å². The van der Waals surface area contributed by atoms with E-state index in [1.54, 1.807) is 0 Å². The predicted molar refractivity (Wildman–Crippen MR) is 96.4 cm³/mol. The van der Waals surface area contributed by atoms with E-state index < -0.39 is 0 Å². The summed E-state index contributed by atoms with van der Waals surface area (Å²) in [6, 6.07) is 8.08. The van der Waals surface area contributed by atoms with Crippen LogP contribution in [0.25, 0.3) is 0 Å². The lowest BCUT2D eigenvalue weighted by Gasteiger charge is -2.10. The van der Waals surface area contributed by atoms with Crippen LogP contribution in [0.5, 0.6) is 5.75 Å². The van der Waals surface area contributed by atoms with Crippen molar-refractivity contribution in [2.24, 2.45) is 5.92 Å². The molecule has 3 rings (SSSR count). The van der Waals surface area contributed by atoms with Crippen molar-refractivity contribution in [3.8, 4) is 5.75 Å². The smallest absolute Gasteiger partial charge is 0.258 e. The molecule has 0 aromatic heterocycles. The first kappa shape index (κ1) is 17.8. The molecule has 0 bridgehead atoms. The van der Waals surface area contributed by atoms with Gasteiger partial charge in [0.05, 0.1) is 0 Å². The van der Waals surface area contributed by atoms with Crippen LogP contribution in [0, 0.1) is 5.92 Å². The van der Waals surface area contributed by atoms with Crippen LogP contribution in [0.1, 0.15) is 50.5 Å². The number of hydrogen-bond acceptors (Lipinski definition) is 3. The van der Waals surface area contributed by atoms with Gasteiger partial charge in [0.15, 0.2) is 6.61 Å². The standard InChI is InChI=1S/C20H28N2O3/c23-19(13-16-3-1-2-4-16)21-12-11-15-5-9-18(10-6-15)25-14-20(24)22-17-7-8-17/h5-6,9-10,16-17H,1-4,7-8,11-14H2,(H,21,23)(H,22,24). The van der Waals surface area contributed by atoms with Crippen molar-refractivity contribution in [2.75, 3.05) is 13.2 Å². The molecule has 0 spiro atoms. The molecule has 5 heteroatoms. The highest BCUT2D eigenvalue weighted by Crippen LogP contribution is 2.27. The Balaban J connectivity index is 1.31. The van der Waals surface area contributed by atoms with E-state index in [0.29, 0.717) is 30.7 Å². The van der Waals surface area contributed by atoms with Crippen molar-refractivity contribution in [1.82, 2.24) is 10.6 Å². The number of ether oxygens (including phenoxy) is 1. The number of rotatable bonds is 9. The normalized spacial score (nSPS) is 17.3. The SMILES string of the molecule is O=C(CC1CCCC1)NCCc1ccc(OCC(=O)NC2CC2)cc1. The molecule has 2 aliphatic carbocycles. The van der Waals surface area contributed by atoms with Gasteiger partial charge in [0, 0.05) is 19.0 Å². The maximum absolute atomic E-state index is 11.9. The van der Waals surface area contributed by atoms with Crippen LogP contribution >= 0.6 is 0 Å². The molecule has 1 aromatic carbocycles. The third-order valence-electron chi connectivity index (χ3n) is 4.92. The van der Waals surface area contributed by atoms with E-state index in [2.05, 4.69) is 10.6 Å². The molecule has 2 fully saturated rings. The lowest BCUT2D eigenvalue weighted by molar-refractivity contribution is -0.123. The van der Waals surface area contributed by atoms with Gasteiger partial charge in [-0.3, -0.25) is 9.59 Å². The zero-order chi connectivity index (χ0) is 17.5. The number of amides is 2. The number of nitrogens with one attached hydrogen (secondary N) is 2. The third kappa shape index (κ3) is 6.40. The summed E-state index contributed by atoms with van der Waals surface area (Å²) in [5, 5.41) is 5.91. The van der Waals surface area contributed by atoms with Gasteiger partial charge in [-0.1, -0.05) is 25.0 Å². The summed E-state index contributed by atoms with van der Waals surface area (Å²) in [5.41, 5.74) is 1.15. The zero-order valence-electron chi connectivity index (χ0n) is 14.8. The molecule has 136 valence electrons. The molecule has 0 atom stereocenters. The summed E-state index contributed by atoms with van der Waals surface area (Å²) in [6.07, 6.45) is 8.59. The summed E-state index contributed by atoms with van der Waals surface area (Å²) >= 11 is 0. The molecule has 0 unspecified atom stereocenters. The Morgan fingerprint density at radius 1 is 1.00 bits per heavy atom. The Hall–Kier alpha value is -2.04. The summed E-state index contributed by atoms with van der Waals surface area (Å²) in [4.78, 5) is 23.5. The van der Waals surface area contributed by atoms with Crippen LogP contribution in [0.2, 0.25) is 0 Å². The van der Waals surface area contributed by atoms with Gasteiger partial charge in [0.25, 0.3) is 5.91 Å². The molecular formula is C20H28N2O3. The first-order valence-corrected chi connectivity index (χ1v) is 9.47. The largest absolute Gasteiger partial charge is 0.484 e. The first-order chi connectivity index (χ1) is 12.2. The minimum Gasteiger partial charge on any atom is -0.484 e. The van der Waals surface area contributed by atoms with Crippen LogP contribution < -0.4 is 15.4 Å². The maximum atomic E-state index is 11.9. The molecule has 5 nitrogen and oxygen atoms in total. The minimum absolute atomic E-state index is 0.0587. The van der Waals surface area contributed by atoms with Crippen molar-refractivity contribution in [1.29, 1.82) is 0 Å². The molecule has 0 heterocycles. The number of carbonyl (C=O) groups excluding carboxylic acids is 2. The summed E-state index contributed by atoms with van der Waals surface area (Å²) in [6.45, 7) is 0.725. The predicted octanol–water partition coefficient (Wildman–Crippen LogP) is 2.58. The molecule has 2 amide bonds. The van der Waals surface area contributed by atoms with Crippen LogP contribution in [-0.2, 0) is 16.0 Å². The van der Waals surface area contributed by atoms with Crippen molar-refractivity contribution in [3.63, 3.8) is 0 Å². The van der Waals surface area contributed by atoms with Crippen LogP contribution in [0.3, 0.4) is 0 Å². The topological polar surface area (TPSA) is 67.4 Å².